The summed E-state index contributed by atoms with van der Waals surface area (Å²) in [4.78, 5) is 10.5. The van der Waals surface area contributed by atoms with Crippen LogP contribution < -0.4 is 5.73 Å². The Hall–Kier alpha value is -1.29. The molecule has 4 heteroatoms. The molecule has 0 fully saturated rings. The maximum atomic E-state index is 10.5. The first-order chi connectivity index (χ1) is 5.05. The van der Waals surface area contributed by atoms with Crippen LogP contribution in [-0.2, 0) is 10.3 Å². The van der Waals surface area contributed by atoms with Crippen molar-refractivity contribution in [2.75, 3.05) is 0 Å². The summed E-state index contributed by atoms with van der Waals surface area (Å²) in [6, 6.07) is 3.14. The Bertz CT molecular complexity index is 251. The molecule has 0 amide bonds. The molecule has 1 atom stereocenters. The fourth-order valence-electron chi connectivity index (χ4n) is 0.679. The summed E-state index contributed by atoms with van der Waals surface area (Å²) in [5, 5.41) is 8.63. The van der Waals surface area contributed by atoms with E-state index in [1.165, 1.54) is 19.3 Å². The zero-order valence-electron chi connectivity index (χ0n) is 6.07. The first-order valence-corrected chi connectivity index (χ1v) is 3.11. The zero-order valence-corrected chi connectivity index (χ0v) is 6.07. The average molecular weight is 155 g/mol. The molecule has 0 aromatic carbocycles. The van der Waals surface area contributed by atoms with Gasteiger partial charge in [-0.15, -0.1) is 0 Å². The van der Waals surface area contributed by atoms with Crippen LogP contribution in [-0.4, -0.2) is 11.1 Å². The SMILES string of the molecule is C[C@@](N)(C(=O)O)c1ccco1. The fraction of sp³-hybridized carbons (Fsp3) is 0.286. The number of rotatable bonds is 2. The number of carboxylic acid groups (broad SMARTS) is 1. The first-order valence-electron chi connectivity index (χ1n) is 3.11. The van der Waals surface area contributed by atoms with Gasteiger partial charge < -0.3 is 15.3 Å². The summed E-state index contributed by atoms with van der Waals surface area (Å²) in [5.41, 5.74) is 4.00. The number of carbonyl (C=O) groups is 1. The Morgan fingerprint density at radius 1 is 1.82 bits per heavy atom. The summed E-state index contributed by atoms with van der Waals surface area (Å²) < 4.78 is 4.85. The van der Waals surface area contributed by atoms with Gasteiger partial charge in [0.1, 0.15) is 5.76 Å². The molecule has 0 bridgehead atoms. The van der Waals surface area contributed by atoms with Crippen LogP contribution in [0.5, 0.6) is 0 Å². The minimum Gasteiger partial charge on any atom is -0.480 e. The van der Waals surface area contributed by atoms with E-state index in [9.17, 15) is 4.79 Å². The fourth-order valence-corrected chi connectivity index (χ4v) is 0.679. The lowest BCUT2D eigenvalue weighted by Crippen LogP contribution is -2.41. The summed E-state index contributed by atoms with van der Waals surface area (Å²) >= 11 is 0. The highest BCUT2D eigenvalue weighted by molar-refractivity contribution is 5.78. The lowest BCUT2D eigenvalue weighted by Gasteiger charge is -2.14. The van der Waals surface area contributed by atoms with E-state index in [0.29, 0.717) is 0 Å². The zero-order chi connectivity index (χ0) is 8.48. The number of hydrogen-bond donors (Lipinski definition) is 2. The second-order valence-corrected chi connectivity index (χ2v) is 2.48. The van der Waals surface area contributed by atoms with Crippen molar-refractivity contribution < 1.29 is 14.3 Å². The monoisotopic (exact) mass is 155 g/mol. The molecule has 60 valence electrons. The van der Waals surface area contributed by atoms with E-state index in [4.69, 9.17) is 15.3 Å². The number of furan rings is 1. The molecule has 1 aromatic rings. The van der Waals surface area contributed by atoms with Crippen molar-refractivity contribution >= 4 is 5.97 Å². The molecule has 0 aliphatic rings. The molecule has 0 saturated carbocycles. The highest BCUT2D eigenvalue weighted by atomic mass is 16.4. The highest BCUT2D eigenvalue weighted by Gasteiger charge is 2.32. The molecular weight excluding hydrogens is 146 g/mol. The minimum absolute atomic E-state index is 0.255. The van der Waals surface area contributed by atoms with Gasteiger partial charge in [-0.05, 0) is 19.1 Å². The molecule has 0 radical (unpaired) electrons. The van der Waals surface area contributed by atoms with Gasteiger partial charge in [-0.3, -0.25) is 0 Å². The molecule has 1 rings (SSSR count). The number of hydrogen-bond acceptors (Lipinski definition) is 3. The predicted octanol–water partition coefficient (Wildman–Crippen LogP) is 0.538. The van der Waals surface area contributed by atoms with Gasteiger partial charge in [-0.25, -0.2) is 4.79 Å². The Morgan fingerprint density at radius 2 is 2.45 bits per heavy atom. The van der Waals surface area contributed by atoms with Gasteiger partial charge in [-0.1, -0.05) is 0 Å². The third-order valence-electron chi connectivity index (χ3n) is 1.48. The molecule has 0 aliphatic carbocycles. The van der Waals surface area contributed by atoms with E-state index in [2.05, 4.69) is 0 Å². The van der Waals surface area contributed by atoms with E-state index < -0.39 is 11.5 Å². The van der Waals surface area contributed by atoms with Gasteiger partial charge in [0.2, 0.25) is 0 Å². The molecular formula is C7H9NO3. The van der Waals surface area contributed by atoms with Crippen LogP contribution in [0.1, 0.15) is 12.7 Å². The molecule has 0 saturated heterocycles. The number of aliphatic carboxylic acids is 1. The van der Waals surface area contributed by atoms with Crippen LogP contribution in [0.3, 0.4) is 0 Å². The number of nitrogens with two attached hydrogens (primary N) is 1. The van der Waals surface area contributed by atoms with Crippen molar-refractivity contribution in [3.8, 4) is 0 Å². The molecule has 1 heterocycles. The minimum atomic E-state index is -1.43. The van der Waals surface area contributed by atoms with Crippen LogP contribution in [0, 0.1) is 0 Å². The second kappa shape index (κ2) is 2.39. The lowest BCUT2D eigenvalue weighted by atomic mass is 10.0. The summed E-state index contributed by atoms with van der Waals surface area (Å²) in [7, 11) is 0. The van der Waals surface area contributed by atoms with Crippen molar-refractivity contribution in [2.45, 2.75) is 12.5 Å². The second-order valence-electron chi connectivity index (χ2n) is 2.48. The van der Waals surface area contributed by atoms with Gasteiger partial charge in [0.05, 0.1) is 6.26 Å². The van der Waals surface area contributed by atoms with Gasteiger partial charge in [0, 0.05) is 0 Å². The van der Waals surface area contributed by atoms with Crippen LogP contribution in [0.4, 0.5) is 0 Å². The first kappa shape index (κ1) is 7.81. The molecule has 11 heavy (non-hydrogen) atoms. The van der Waals surface area contributed by atoms with E-state index in [1.54, 1.807) is 6.07 Å². The predicted molar refractivity (Wildman–Crippen MR) is 37.9 cm³/mol. The van der Waals surface area contributed by atoms with Gasteiger partial charge in [-0.2, -0.15) is 0 Å². The van der Waals surface area contributed by atoms with Crippen LogP contribution >= 0.6 is 0 Å². The third-order valence-corrected chi connectivity index (χ3v) is 1.48. The largest absolute Gasteiger partial charge is 0.480 e. The normalized spacial score (nSPS) is 15.8. The quantitative estimate of drug-likeness (QED) is 0.653. The van der Waals surface area contributed by atoms with E-state index in [1.807, 2.05) is 0 Å². The summed E-state index contributed by atoms with van der Waals surface area (Å²) in [6.45, 7) is 1.38. The van der Waals surface area contributed by atoms with Crippen molar-refractivity contribution in [3.05, 3.63) is 24.2 Å². The Balaban J connectivity index is 3.00. The maximum absolute atomic E-state index is 10.5. The Morgan fingerprint density at radius 3 is 2.82 bits per heavy atom. The van der Waals surface area contributed by atoms with Gasteiger partial charge in [0.25, 0.3) is 0 Å². The van der Waals surface area contributed by atoms with Gasteiger partial charge >= 0.3 is 5.97 Å². The van der Waals surface area contributed by atoms with Crippen LogP contribution in [0.25, 0.3) is 0 Å². The smallest absolute Gasteiger partial charge is 0.331 e. The lowest BCUT2D eigenvalue weighted by molar-refractivity contribution is -0.143. The van der Waals surface area contributed by atoms with Crippen molar-refractivity contribution in [2.24, 2.45) is 5.73 Å². The van der Waals surface area contributed by atoms with Crippen molar-refractivity contribution in [1.82, 2.24) is 0 Å². The summed E-state index contributed by atoms with van der Waals surface area (Å²) in [5.74, 6) is -0.850. The van der Waals surface area contributed by atoms with E-state index in [0.717, 1.165) is 0 Å². The third kappa shape index (κ3) is 1.25. The van der Waals surface area contributed by atoms with E-state index in [-0.39, 0.29) is 5.76 Å². The van der Waals surface area contributed by atoms with Gasteiger partial charge in [0.15, 0.2) is 5.54 Å². The maximum Gasteiger partial charge on any atom is 0.331 e. The van der Waals surface area contributed by atoms with E-state index >= 15 is 0 Å². The average Bonchev–Trinajstić information content (AvgIpc) is 2.37. The standard InChI is InChI=1S/C7H9NO3/c1-7(8,6(9)10)5-3-2-4-11-5/h2-4H,8H2,1H3,(H,9,10)/t7-/m0/s1. The summed E-state index contributed by atoms with van der Waals surface area (Å²) in [6.07, 6.45) is 1.39. The highest BCUT2D eigenvalue weighted by Crippen LogP contribution is 2.17. The Labute approximate surface area is 63.6 Å². The molecule has 4 nitrogen and oxygen atoms in total. The van der Waals surface area contributed by atoms with Crippen LogP contribution in [0.15, 0.2) is 22.8 Å². The molecule has 0 unspecified atom stereocenters. The molecule has 3 N–H and O–H groups in total. The number of carboxylic acids is 1. The molecule has 0 aliphatic heterocycles. The van der Waals surface area contributed by atoms with Crippen molar-refractivity contribution in [3.63, 3.8) is 0 Å². The molecule has 1 aromatic heterocycles. The Kier molecular flexibility index (Phi) is 1.70. The molecule has 0 spiro atoms. The van der Waals surface area contributed by atoms with Crippen molar-refractivity contribution in [1.29, 1.82) is 0 Å². The topological polar surface area (TPSA) is 76.5 Å². The van der Waals surface area contributed by atoms with Crippen LogP contribution in [0.2, 0.25) is 0 Å².